The topological polar surface area (TPSA) is 96.7 Å². The third kappa shape index (κ3) is 3.47. The molecule has 1 fully saturated rings. The first-order chi connectivity index (χ1) is 9.60. The second kappa shape index (κ2) is 6.38. The van der Waals surface area contributed by atoms with Crippen molar-refractivity contribution in [3.05, 3.63) is 12.4 Å². The average molecular weight is 282 g/mol. The van der Waals surface area contributed by atoms with Crippen LogP contribution in [0.25, 0.3) is 0 Å². The van der Waals surface area contributed by atoms with E-state index in [2.05, 4.69) is 10.4 Å². The van der Waals surface area contributed by atoms with Gasteiger partial charge in [-0.25, -0.2) is 4.79 Å². The lowest BCUT2D eigenvalue weighted by Crippen LogP contribution is -2.33. The standard InChI is InChI=1S/C12H18N4O4/c1-20-5-4-16-8-10(6-13-16)14-12(19)15-3-2-9(7-15)11(17)18/h6,8-9H,2-5,7H2,1H3,(H,14,19)(H,17,18). The van der Waals surface area contributed by atoms with Crippen molar-refractivity contribution in [1.82, 2.24) is 14.7 Å². The maximum absolute atomic E-state index is 12.0. The van der Waals surface area contributed by atoms with Crippen LogP contribution in [-0.4, -0.2) is 58.6 Å². The van der Waals surface area contributed by atoms with Gasteiger partial charge in [0.05, 0.1) is 31.0 Å². The Morgan fingerprint density at radius 2 is 2.40 bits per heavy atom. The summed E-state index contributed by atoms with van der Waals surface area (Å²) in [4.78, 5) is 24.3. The number of carbonyl (C=O) groups is 2. The van der Waals surface area contributed by atoms with Crippen LogP contribution in [0.4, 0.5) is 10.5 Å². The summed E-state index contributed by atoms with van der Waals surface area (Å²) >= 11 is 0. The fraction of sp³-hybridized carbons (Fsp3) is 0.583. The molecule has 110 valence electrons. The second-order valence-electron chi connectivity index (χ2n) is 4.68. The van der Waals surface area contributed by atoms with Gasteiger partial charge in [-0.1, -0.05) is 0 Å². The van der Waals surface area contributed by atoms with Crippen molar-refractivity contribution < 1.29 is 19.4 Å². The third-order valence-corrected chi connectivity index (χ3v) is 3.23. The minimum atomic E-state index is -0.854. The molecule has 2 amide bonds. The van der Waals surface area contributed by atoms with Crippen LogP contribution in [0.1, 0.15) is 6.42 Å². The number of ether oxygens (including phenoxy) is 1. The number of likely N-dealkylation sites (tertiary alicyclic amines) is 1. The molecule has 1 aliphatic rings. The number of aromatic nitrogens is 2. The normalized spacial score (nSPS) is 18.2. The summed E-state index contributed by atoms with van der Waals surface area (Å²) in [7, 11) is 1.61. The molecule has 0 saturated carbocycles. The van der Waals surface area contributed by atoms with Crippen LogP contribution >= 0.6 is 0 Å². The van der Waals surface area contributed by atoms with E-state index < -0.39 is 11.9 Å². The van der Waals surface area contributed by atoms with E-state index in [0.29, 0.717) is 31.8 Å². The molecule has 0 radical (unpaired) electrons. The quantitative estimate of drug-likeness (QED) is 0.818. The zero-order valence-corrected chi connectivity index (χ0v) is 11.3. The van der Waals surface area contributed by atoms with Crippen molar-refractivity contribution in [2.75, 3.05) is 32.1 Å². The van der Waals surface area contributed by atoms with Crippen LogP contribution in [0.3, 0.4) is 0 Å². The number of rotatable bonds is 5. The second-order valence-corrected chi connectivity index (χ2v) is 4.68. The fourth-order valence-corrected chi connectivity index (χ4v) is 2.08. The minimum Gasteiger partial charge on any atom is -0.481 e. The summed E-state index contributed by atoms with van der Waals surface area (Å²) in [5, 5.41) is 15.7. The Labute approximate surface area is 116 Å². The summed E-state index contributed by atoms with van der Waals surface area (Å²) < 4.78 is 6.61. The lowest BCUT2D eigenvalue weighted by atomic mass is 10.1. The highest BCUT2D eigenvalue weighted by atomic mass is 16.5. The van der Waals surface area contributed by atoms with E-state index >= 15 is 0 Å². The Morgan fingerprint density at radius 1 is 1.60 bits per heavy atom. The molecule has 1 aliphatic heterocycles. The SMILES string of the molecule is COCCn1cc(NC(=O)N2CCC(C(=O)O)C2)cn1. The van der Waals surface area contributed by atoms with Crippen LogP contribution in [0.15, 0.2) is 12.4 Å². The van der Waals surface area contributed by atoms with Gasteiger partial charge in [-0.2, -0.15) is 5.10 Å². The van der Waals surface area contributed by atoms with Gasteiger partial charge in [0.15, 0.2) is 0 Å². The first-order valence-corrected chi connectivity index (χ1v) is 6.40. The molecule has 2 N–H and O–H groups in total. The van der Waals surface area contributed by atoms with E-state index in [0.717, 1.165) is 0 Å². The number of carboxylic acids is 1. The highest BCUT2D eigenvalue weighted by Crippen LogP contribution is 2.17. The molecule has 1 saturated heterocycles. The van der Waals surface area contributed by atoms with Gasteiger partial charge in [0.2, 0.25) is 0 Å². The zero-order valence-electron chi connectivity index (χ0n) is 11.3. The van der Waals surface area contributed by atoms with Crippen molar-refractivity contribution >= 4 is 17.7 Å². The summed E-state index contributed by atoms with van der Waals surface area (Å²) in [5.74, 6) is -1.32. The van der Waals surface area contributed by atoms with Crippen LogP contribution < -0.4 is 5.32 Å². The number of methoxy groups -OCH3 is 1. The lowest BCUT2D eigenvalue weighted by molar-refractivity contribution is -0.141. The van der Waals surface area contributed by atoms with Gasteiger partial charge in [-0.15, -0.1) is 0 Å². The molecule has 1 aromatic heterocycles. The molecule has 1 atom stereocenters. The van der Waals surface area contributed by atoms with E-state index in [1.165, 1.54) is 4.90 Å². The number of carboxylic acid groups (broad SMARTS) is 1. The summed E-state index contributed by atoms with van der Waals surface area (Å²) in [5.41, 5.74) is 0.588. The number of urea groups is 1. The van der Waals surface area contributed by atoms with Gasteiger partial charge in [-0.05, 0) is 6.42 Å². The van der Waals surface area contributed by atoms with Gasteiger partial charge in [-0.3, -0.25) is 9.48 Å². The van der Waals surface area contributed by atoms with Crippen molar-refractivity contribution in [1.29, 1.82) is 0 Å². The maximum Gasteiger partial charge on any atom is 0.321 e. The molecule has 0 spiro atoms. The van der Waals surface area contributed by atoms with Gasteiger partial charge in [0.1, 0.15) is 0 Å². The number of anilines is 1. The third-order valence-electron chi connectivity index (χ3n) is 3.23. The number of aliphatic carboxylic acids is 1. The molecular formula is C12H18N4O4. The Morgan fingerprint density at radius 3 is 3.05 bits per heavy atom. The minimum absolute atomic E-state index is 0.249. The number of hydrogen-bond donors (Lipinski definition) is 2. The maximum atomic E-state index is 12.0. The molecule has 0 bridgehead atoms. The monoisotopic (exact) mass is 282 g/mol. The highest BCUT2D eigenvalue weighted by Gasteiger charge is 2.30. The van der Waals surface area contributed by atoms with E-state index in [1.54, 1.807) is 24.2 Å². The van der Waals surface area contributed by atoms with Crippen LogP contribution in [0.2, 0.25) is 0 Å². The van der Waals surface area contributed by atoms with Gasteiger partial charge in [0.25, 0.3) is 0 Å². The molecule has 0 aromatic carbocycles. The average Bonchev–Trinajstić information content (AvgIpc) is 3.05. The largest absolute Gasteiger partial charge is 0.481 e. The van der Waals surface area contributed by atoms with Crippen molar-refractivity contribution in [3.63, 3.8) is 0 Å². The highest BCUT2D eigenvalue weighted by molar-refractivity contribution is 5.89. The number of nitrogens with zero attached hydrogens (tertiary/aromatic N) is 3. The number of hydrogen-bond acceptors (Lipinski definition) is 4. The van der Waals surface area contributed by atoms with Crippen molar-refractivity contribution in [3.8, 4) is 0 Å². The molecule has 0 aliphatic carbocycles. The fourth-order valence-electron chi connectivity index (χ4n) is 2.08. The molecule has 1 unspecified atom stereocenters. The van der Waals surface area contributed by atoms with E-state index in [-0.39, 0.29) is 12.6 Å². The van der Waals surface area contributed by atoms with Gasteiger partial charge >= 0.3 is 12.0 Å². The number of carbonyl (C=O) groups excluding carboxylic acids is 1. The zero-order chi connectivity index (χ0) is 14.5. The lowest BCUT2D eigenvalue weighted by Gasteiger charge is -2.15. The Bertz CT molecular complexity index is 488. The first kappa shape index (κ1) is 14.3. The van der Waals surface area contributed by atoms with Crippen LogP contribution in [0, 0.1) is 5.92 Å². The molecule has 2 heterocycles. The van der Waals surface area contributed by atoms with Crippen LogP contribution in [-0.2, 0) is 16.1 Å². The number of nitrogens with one attached hydrogen (secondary N) is 1. The van der Waals surface area contributed by atoms with Crippen molar-refractivity contribution in [2.24, 2.45) is 5.92 Å². The summed E-state index contributed by atoms with van der Waals surface area (Å²) in [6.45, 7) is 1.86. The number of amides is 2. The smallest absolute Gasteiger partial charge is 0.321 e. The van der Waals surface area contributed by atoms with E-state index in [9.17, 15) is 9.59 Å². The van der Waals surface area contributed by atoms with Gasteiger partial charge < -0.3 is 20.1 Å². The van der Waals surface area contributed by atoms with E-state index in [4.69, 9.17) is 9.84 Å². The summed E-state index contributed by atoms with van der Waals surface area (Å²) in [6, 6.07) is -0.292. The molecule has 8 nitrogen and oxygen atoms in total. The predicted octanol–water partition coefficient (Wildman–Crippen LogP) is 0.468. The van der Waals surface area contributed by atoms with Crippen molar-refractivity contribution in [2.45, 2.75) is 13.0 Å². The first-order valence-electron chi connectivity index (χ1n) is 6.40. The Kier molecular flexibility index (Phi) is 4.57. The molecule has 1 aromatic rings. The van der Waals surface area contributed by atoms with Gasteiger partial charge in [0, 0.05) is 26.4 Å². The molecular weight excluding hydrogens is 264 g/mol. The van der Waals surface area contributed by atoms with E-state index in [1.807, 2.05) is 0 Å². The summed E-state index contributed by atoms with van der Waals surface area (Å²) in [6.07, 6.45) is 3.76. The molecule has 2 rings (SSSR count). The predicted molar refractivity (Wildman–Crippen MR) is 70.4 cm³/mol. The van der Waals surface area contributed by atoms with Crippen LogP contribution in [0.5, 0.6) is 0 Å². The molecule has 20 heavy (non-hydrogen) atoms. The Hall–Kier alpha value is -2.09. The Balaban J connectivity index is 1.85. The molecule has 8 heteroatoms.